The van der Waals surface area contributed by atoms with Crippen LogP contribution in [0.2, 0.25) is 0 Å². The summed E-state index contributed by atoms with van der Waals surface area (Å²) in [6.45, 7) is 0.290. The molecule has 2 aromatic carbocycles. The summed E-state index contributed by atoms with van der Waals surface area (Å²) >= 11 is 6.41. The van der Waals surface area contributed by atoms with Crippen molar-refractivity contribution < 1.29 is 9.53 Å². The Labute approximate surface area is 144 Å². The van der Waals surface area contributed by atoms with Crippen molar-refractivity contribution in [3.05, 3.63) is 58.6 Å². The zero-order valence-electron chi connectivity index (χ0n) is 11.5. The van der Waals surface area contributed by atoms with E-state index in [-0.39, 0.29) is 11.7 Å². The van der Waals surface area contributed by atoms with Crippen molar-refractivity contribution in [1.82, 2.24) is 4.98 Å². The van der Waals surface area contributed by atoms with E-state index in [0.29, 0.717) is 6.61 Å². The number of para-hydroxylation sites is 1. The Balaban J connectivity index is 1.51. The molecule has 22 heavy (non-hydrogen) atoms. The molecular weight excluding hydrogens is 382 g/mol. The third kappa shape index (κ3) is 4.09. The fraction of sp³-hybridized carbons (Fsp3) is 0.125. The van der Waals surface area contributed by atoms with E-state index in [1.54, 1.807) is 11.3 Å². The minimum atomic E-state index is -0.232. The highest BCUT2D eigenvalue weighted by atomic mass is 79.9. The van der Waals surface area contributed by atoms with Crippen LogP contribution in [0.4, 0.5) is 0 Å². The molecule has 1 aromatic heterocycles. The van der Waals surface area contributed by atoms with Crippen LogP contribution in [0.3, 0.4) is 0 Å². The number of benzene rings is 2. The summed E-state index contributed by atoms with van der Waals surface area (Å²) in [5.74, 6) is 0.0395. The number of thiazole rings is 1. The zero-order chi connectivity index (χ0) is 15.4. The second kappa shape index (κ2) is 7.26. The van der Waals surface area contributed by atoms with Gasteiger partial charge in [0.05, 0.1) is 16.0 Å². The number of halogens is 1. The Bertz CT molecular complexity index is 770. The van der Waals surface area contributed by atoms with Crippen molar-refractivity contribution in [2.45, 2.75) is 10.9 Å². The van der Waals surface area contributed by atoms with Crippen molar-refractivity contribution >= 4 is 55.2 Å². The Morgan fingerprint density at radius 2 is 2.09 bits per heavy atom. The number of hydrogen-bond donors (Lipinski definition) is 0. The highest BCUT2D eigenvalue weighted by Gasteiger charge is 2.08. The normalized spacial score (nSPS) is 10.8. The van der Waals surface area contributed by atoms with Crippen LogP contribution in [0.25, 0.3) is 10.2 Å². The van der Waals surface area contributed by atoms with Gasteiger partial charge in [-0.05, 0) is 29.8 Å². The van der Waals surface area contributed by atoms with Gasteiger partial charge in [0.15, 0.2) is 4.34 Å². The standard InChI is InChI=1S/C16H12BrNO2S2/c17-12-5-3-4-11(8-12)9-20-15(19)10-21-16-18-13-6-1-2-7-14(13)22-16/h1-8H,9-10H2. The third-order valence-corrected chi connectivity index (χ3v) is 5.52. The number of hydrogen-bond acceptors (Lipinski definition) is 5. The van der Waals surface area contributed by atoms with Gasteiger partial charge in [-0.25, -0.2) is 4.98 Å². The number of esters is 1. The highest BCUT2D eigenvalue weighted by Crippen LogP contribution is 2.29. The Kier molecular flexibility index (Phi) is 5.12. The topological polar surface area (TPSA) is 39.2 Å². The van der Waals surface area contributed by atoms with E-state index < -0.39 is 0 Å². The molecule has 0 amide bonds. The van der Waals surface area contributed by atoms with Crippen molar-refractivity contribution in [1.29, 1.82) is 0 Å². The van der Waals surface area contributed by atoms with Crippen LogP contribution >= 0.6 is 39.0 Å². The molecule has 0 atom stereocenters. The second-order valence-electron chi connectivity index (χ2n) is 4.53. The van der Waals surface area contributed by atoms with Crippen molar-refractivity contribution in [2.24, 2.45) is 0 Å². The average molecular weight is 394 g/mol. The van der Waals surface area contributed by atoms with E-state index in [2.05, 4.69) is 20.9 Å². The lowest BCUT2D eigenvalue weighted by molar-refractivity contribution is -0.141. The van der Waals surface area contributed by atoms with Gasteiger partial charge in [-0.1, -0.05) is 52.0 Å². The summed E-state index contributed by atoms with van der Waals surface area (Å²) in [6.07, 6.45) is 0. The Morgan fingerprint density at radius 1 is 1.23 bits per heavy atom. The minimum Gasteiger partial charge on any atom is -0.460 e. The fourth-order valence-electron chi connectivity index (χ4n) is 1.87. The quantitative estimate of drug-likeness (QED) is 0.456. The van der Waals surface area contributed by atoms with Crippen LogP contribution in [0.15, 0.2) is 57.3 Å². The van der Waals surface area contributed by atoms with Crippen LogP contribution in [0.5, 0.6) is 0 Å². The van der Waals surface area contributed by atoms with Crippen molar-refractivity contribution in [3.8, 4) is 0 Å². The SMILES string of the molecule is O=C(CSc1nc2ccccc2s1)OCc1cccc(Br)c1. The molecule has 1 heterocycles. The number of carbonyl (C=O) groups is 1. The van der Waals surface area contributed by atoms with E-state index in [1.807, 2.05) is 48.5 Å². The Hall–Kier alpha value is -1.37. The molecule has 0 N–H and O–H groups in total. The molecule has 3 rings (SSSR count). The van der Waals surface area contributed by atoms with Crippen LogP contribution in [-0.2, 0) is 16.1 Å². The maximum absolute atomic E-state index is 11.8. The van der Waals surface area contributed by atoms with E-state index in [9.17, 15) is 4.79 Å². The smallest absolute Gasteiger partial charge is 0.316 e. The summed E-state index contributed by atoms with van der Waals surface area (Å²) in [5, 5.41) is 0. The summed E-state index contributed by atoms with van der Waals surface area (Å²) in [5.41, 5.74) is 1.94. The van der Waals surface area contributed by atoms with Crippen LogP contribution in [0, 0.1) is 0 Å². The lowest BCUT2D eigenvalue weighted by Gasteiger charge is -2.04. The predicted molar refractivity (Wildman–Crippen MR) is 94.3 cm³/mol. The first-order valence-corrected chi connectivity index (χ1v) is 9.19. The third-order valence-electron chi connectivity index (χ3n) is 2.88. The van der Waals surface area contributed by atoms with Gasteiger partial charge in [0.2, 0.25) is 0 Å². The minimum absolute atomic E-state index is 0.232. The summed E-state index contributed by atoms with van der Waals surface area (Å²) in [6, 6.07) is 15.7. The van der Waals surface area contributed by atoms with Gasteiger partial charge in [-0.15, -0.1) is 11.3 Å². The van der Waals surface area contributed by atoms with Gasteiger partial charge in [-0.3, -0.25) is 4.79 Å². The largest absolute Gasteiger partial charge is 0.460 e. The van der Waals surface area contributed by atoms with Gasteiger partial charge < -0.3 is 4.74 Å². The molecule has 3 aromatic rings. The molecule has 0 saturated heterocycles. The average Bonchev–Trinajstić information content (AvgIpc) is 2.94. The van der Waals surface area contributed by atoms with Crippen LogP contribution in [-0.4, -0.2) is 16.7 Å². The molecular formula is C16H12BrNO2S2. The van der Waals surface area contributed by atoms with E-state index in [1.165, 1.54) is 11.8 Å². The summed E-state index contributed by atoms with van der Waals surface area (Å²) < 4.78 is 8.27. The van der Waals surface area contributed by atoms with Gasteiger partial charge in [0.1, 0.15) is 6.61 Å². The van der Waals surface area contributed by atoms with Gasteiger partial charge in [0, 0.05) is 4.47 Å². The number of aromatic nitrogens is 1. The van der Waals surface area contributed by atoms with E-state index >= 15 is 0 Å². The molecule has 0 bridgehead atoms. The highest BCUT2D eigenvalue weighted by molar-refractivity contribution is 9.10. The molecule has 0 radical (unpaired) electrons. The molecule has 0 aliphatic rings. The van der Waals surface area contributed by atoms with Crippen molar-refractivity contribution in [3.63, 3.8) is 0 Å². The van der Waals surface area contributed by atoms with E-state index in [0.717, 1.165) is 24.6 Å². The fourth-order valence-corrected chi connectivity index (χ4v) is 4.18. The molecule has 0 saturated carbocycles. The van der Waals surface area contributed by atoms with E-state index in [4.69, 9.17) is 4.74 Å². The zero-order valence-corrected chi connectivity index (χ0v) is 14.7. The van der Waals surface area contributed by atoms with Gasteiger partial charge in [0.25, 0.3) is 0 Å². The number of fused-ring (bicyclic) bond motifs is 1. The van der Waals surface area contributed by atoms with Crippen LogP contribution < -0.4 is 0 Å². The lowest BCUT2D eigenvalue weighted by atomic mass is 10.2. The van der Waals surface area contributed by atoms with Crippen molar-refractivity contribution in [2.75, 3.05) is 5.75 Å². The molecule has 0 unspecified atom stereocenters. The lowest BCUT2D eigenvalue weighted by Crippen LogP contribution is -2.07. The van der Waals surface area contributed by atoms with Gasteiger partial charge >= 0.3 is 5.97 Å². The number of thioether (sulfide) groups is 1. The second-order valence-corrected chi connectivity index (χ2v) is 7.70. The molecule has 3 nitrogen and oxygen atoms in total. The first-order valence-electron chi connectivity index (χ1n) is 6.59. The first kappa shape index (κ1) is 15.5. The van der Waals surface area contributed by atoms with Gasteiger partial charge in [-0.2, -0.15) is 0 Å². The molecule has 0 spiro atoms. The maximum Gasteiger partial charge on any atom is 0.316 e. The summed E-state index contributed by atoms with van der Waals surface area (Å²) in [4.78, 5) is 16.3. The molecule has 0 fully saturated rings. The molecule has 112 valence electrons. The Morgan fingerprint density at radius 3 is 2.91 bits per heavy atom. The predicted octanol–water partition coefficient (Wildman–Crippen LogP) is 4.89. The number of nitrogens with zero attached hydrogens (tertiary/aromatic N) is 1. The first-order chi connectivity index (χ1) is 10.7. The molecule has 6 heteroatoms. The summed E-state index contributed by atoms with van der Waals surface area (Å²) in [7, 11) is 0. The number of carbonyl (C=O) groups excluding carboxylic acids is 1. The maximum atomic E-state index is 11.8. The number of rotatable bonds is 5. The van der Waals surface area contributed by atoms with Crippen LogP contribution in [0.1, 0.15) is 5.56 Å². The molecule has 0 aliphatic heterocycles. The number of ether oxygens (including phenoxy) is 1. The molecule has 0 aliphatic carbocycles. The monoisotopic (exact) mass is 393 g/mol.